The summed E-state index contributed by atoms with van der Waals surface area (Å²) in [6.07, 6.45) is 0. The molecule has 3 rings (SSSR count). The minimum atomic E-state index is 0.401. The van der Waals surface area contributed by atoms with Gasteiger partial charge in [-0.25, -0.2) is 0 Å². The average molecular weight is 303 g/mol. The monoisotopic (exact) mass is 302 g/mol. The van der Waals surface area contributed by atoms with Crippen molar-refractivity contribution in [2.24, 2.45) is 4.99 Å². The highest BCUT2D eigenvalue weighted by molar-refractivity contribution is 8.14. The zero-order valence-electron chi connectivity index (χ0n) is 11.1. The van der Waals surface area contributed by atoms with Gasteiger partial charge < -0.3 is 5.32 Å². The first kappa shape index (κ1) is 13.5. The molecule has 0 fully saturated rings. The second-order valence-corrected chi connectivity index (χ2v) is 6.30. The van der Waals surface area contributed by atoms with Gasteiger partial charge in [0.2, 0.25) is 0 Å². The van der Waals surface area contributed by atoms with Crippen molar-refractivity contribution in [3.8, 4) is 0 Å². The van der Waals surface area contributed by atoms with Crippen molar-refractivity contribution in [1.29, 1.82) is 0 Å². The quantitative estimate of drug-likeness (QED) is 0.853. The predicted molar refractivity (Wildman–Crippen MR) is 88.9 cm³/mol. The fourth-order valence-corrected chi connectivity index (χ4v) is 3.35. The lowest BCUT2D eigenvalue weighted by Gasteiger charge is -2.11. The molecular weight excluding hydrogens is 288 g/mol. The van der Waals surface area contributed by atoms with Crippen molar-refractivity contribution in [3.05, 3.63) is 64.7 Å². The van der Waals surface area contributed by atoms with E-state index in [0.717, 1.165) is 28.0 Å². The van der Waals surface area contributed by atoms with Crippen LogP contribution < -0.4 is 5.32 Å². The summed E-state index contributed by atoms with van der Waals surface area (Å²) in [7, 11) is 0. The lowest BCUT2D eigenvalue weighted by Crippen LogP contribution is -2.06. The number of rotatable bonds is 2. The number of benzene rings is 2. The van der Waals surface area contributed by atoms with Crippen molar-refractivity contribution in [2.45, 2.75) is 12.2 Å². The second kappa shape index (κ2) is 5.90. The zero-order valence-corrected chi connectivity index (χ0v) is 12.7. The van der Waals surface area contributed by atoms with E-state index in [-0.39, 0.29) is 0 Å². The highest BCUT2D eigenvalue weighted by Crippen LogP contribution is 2.36. The molecule has 1 aliphatic rings. The molecule has 2 aromatic carbocycles. The fourth-order valence-electron chi connectivity index (χ4n) is 2.14. The molecule has 0 saturated carbocycles. The van der Waals surface area contributed by atoms with Crippen LogP contribution in [-0.2, 0) is 0 Å². The van der Waals surface area contributed by atoms with Crippen molar-refractivity contribution in [1.82, 2.24) is 0 Å². The van der Waals surface area contributed by atoms with E-state index in [4.69, 9.17) is 11.6 Å². The lowest BCUT2D eigenvalue weighted by molar-refractivity contribution is 0.966. The third-order valence-electron chi connectivity index (χ3n) is 3.34. The molecule has 2 nitrogen and oxygen atoms in total. The number of thioether (sulfide) groups is 1. The maximum Gasteiger partial charge on any atom is 0.161 e. The van der Waals surface area contributed by atoms with Gasteiger partial charge in [0.1, 0.15) is 0 Å². The molecule has 0 spiro atoms. The number of halogens is 1. The molecule has 102 valence electrons. The normalized spacial score (nSPS) is 17.9. The van der Waals surface area contributed by atoms with Crippen LogP contribution in [0.5, 0.6) is 0 Å². The molecule has 1 heterocycles. The minimum Gasteiger partial charge on any atom is -0.335 e. The third kappa shape index (κ3) is 2.84. The van der Waals surface area contributed by atoms with Gasteiger partial charge in [0.25, 0.3) is 0 Å². The van der Waals surface area contributed by atoms with Crippen molar-refractivity contribution < 1.29 is 0 Å². The van der Waals surface area contributed by atoms with Crippen LogP contribution in [0, 0.1) is 6.92 Å². The smallest absolute Gasteiger partial charge is 0.161 e. The van der Waals surface area contributed by atoms with E-state index in [2.05, 4.69) is 34.6 Å². The molecule has 1 unspecified atom stereocenters. The first-order valence-corrected chi connectivity index (χ1v) is 7.78. The molecule has 1 N–H and O–H groups in total. The summed E-state index contributed by atoms with van der Waals surface area (Å²) in [6, 6.07) is 16.4. The number of nitrogens with zero attached hydrogens (tertiary/aromatic N) is 1. The Morgan fingerprint density at radius 3 is 2.75 bits per heavy atom. The van der Waals surface area contributed by atoms with Crippen LogP contribution in [0.1, 0.15) is 16.4 Å². The molecule has 20 heavy (non-hydrogen) atoms. The molecule has 0 aromatic heterocycles. The molecule has 0 saturated heterocycles. The Hall–Kier alpha value is -1.45. The molecule has 0 aliphatic carbocycles. The van der Waals surface area contributed by atoms with E-state index < -0.39 is 0 Å². The van der Waals surface area contributed by atoms with E-state index in [9.17, 15) is 0 Å². The van der Waals surface area contributed by atoms with Crippen LogP contribution in [-0.4, -0.2) is 11.7 Å². The topological polar surface area (TPSA) is 24.4 Å². The largest absolute Gasteiger partial charge is 0.335 e. The zero-order chi connectivity index (χ0) is 13.9. The molecule has 0 radical (unpaired) electrons. The summed E-state index contributed by atoms with van der Waals surface area (Å²) in [6.45, 7) is 2.83. The van der Waals surface area contributed by atoms with Gasteiger partial charge in [-0.15, -0.1) is 0 Å². The predicted octanol–water partition coefficient (Wildman–Crippen LogP) is 4.90. The maximum atomic E-state index is 6.14. The molecular formula is C16H15ClN2S. The summed E-state index contributed by atoms with van der Waals surface area (Å²) in [5.41, 5.74) is 3.40. The van der Waals surface area contributed by atoms with Gasteiger partial charge in [0.15, 0.2) is 5.17 Å². The number of anilines is 1. The van der Waals surface area contributed by atoms with Gasteiger partial charge in [-0.2, -0.15) is 0 Å². The SMILES string of the molecule is Cc1c(Cl)cccc1NC1=NCC(c2ccccc2)S1. The summed E-state index contributed by atoms with van der Waals surface area (Å²) in [5.74, 6) is 0. The molecule has 2 aromatic rings. The Balaban J connectivity index is 1.70. The number of nitrogens with one attached hydrogen (secondary N) is 1. The third-order valence-corrected chi connectivity index (χ3v) is 4.90. The first-order valence-electron chi connectivity index (χ1n) is 6.52. The molecule has 0 amide bonds. The molecule has 0 bridgehead atoms. The standard InChI is InChI=1S/C16H15ClN2S/c1-11-13(17)8-5-9-14(11)19-16-18-10-15(20-16)12-6-3-2-4-7-12/h2-9,15H,10H2,1H3,(H,18,19). The van der Waals surface area contributed by atoms with Gasteiger partial charge in [0.05, 0.1) is 11.8 Å². The molecule has 4 heteroatoms. The van der Waals surface area contributed by atoms with E-state index in [1.165, 1.54) is 5.56 Å². The number of amidine groups is 1. The van der Waals surface area contributed by atoms with Gasteiger partial charge in [-0.3, -0.25) is 4.99 Å². The van der Waals surface area contributed by atoms with Gasteiger partial charge in [-0.05, 0) is 30.2 Å². The van der Waals surface area contributed by atoms with E-state index in [1.807, 2.05) is 31.2 Å². The van der Waals surface area contributed by atoms with E-state index >= 15 is 0 Å². The van der Waals surface area contributed by atoms with Crippen LogP contribution in [0.15, 0.2) is 53.5 Å². The van der Waals surface area contributed by atoms with Gasteiger partial charge in [-0.1, -0.05) is 59.8 Å². The van der Waals surface area contributed by atoms with E-state index in [0.29, 0.717) is 5.25 Å². The second-order valence-electron chi connectivity index (χ2n) is 4.70. The van der Waals surface area contributed by atoms with Gasteiger partial charge >= 0.3 is 0 Å². The van der Waals surface area contributed by atoms with E-state index in [1.54, 1.807) is 11.8 Å². The van der Waals surface area contributed by atoms with Crippen molar-refractivity contribution >= 4 is 34.2 Å². The van der Waals surface area contributed by atoms with Crippen LogP contribution in [0.25, 0.3) is 0 Å². The fraction of sp³-hybridized carbons (Fsp3) is 0.188. The Labute approximate surface area is 128 Å². The summed E-state index contributed by atoms with van der Waals surface area (Å²) < 4.78 is 0. The van der Waals surface area contributed by atoms with Crippen molar-refractivity contribution in [3.63, 3.8) is 0 Å². The summed E-state index contributed by atoms with van der Waals surface area (Å²) in [4.78, 5) is 4.58. The molecule has 1 aliphatic heterocycles. The van der Waals surface area contributed by atoms with Crippen LogP contribution in [0.3, 0.4) is 0 Å². The van der Waals surface area contributed by atoms with Crippen LogP contribution in [0.2, 0.25) is 5.02 Å². The van der Waals surface area contributed by atoms with Gasteiger partial charge in [0, 0.05) is 10.7 Å². The Morgan fingerprint density at radius 2 is 1.95 bits per heavy atom. The van der Waals surface area contributed by atoms with Crippen LogP contribution in [0.4, 0.5) is 5.69 Å². The first-order chi connectivity index (χ1) is 9.74. The van der Waals surface area contributed by atoms with Crippen molar-refractivity contribution in [2.75, 3.05) is 11.9 Å². The number of hydrogen-bond donors (Lipinski definition) is 1. The lowest BCUT2D eigenvalue weighted by atomic mass is 10.1. The average Bonchev–Trinajstić information content (AvgIpc) is 2.93. The maximum absolute atomic E-state index is 6.14. The van der Waals surface area contributed by atoms with Crippen LogP contribution >= 0.6 is 23.4 Å². The Morgan fingerprint density at radius 1 is 1.15 bits per heavy atom. The minimum absolute atomic E-state index is 0.401. The highest BCUT2D eigenvalue weighted by Gasteiger charge is 2.21. The Bertz CT molecular complexity index is 640. The Kier molecular flexibility index (Phi) is 3.99. The summed E-state index contributed by atoms with van der Waals surface area (Å²) in [5, 5.41) is 5.52. The number of aliphatic imine (C=N–C) groups is 1. The molecule has 1 atom stereocenters. The summed E-state index contributed by atoms with van der Waals surface area (Å²) >= 11 is 7.91. The highest BCUT2D eigenvalue weighted by atomic mass is 35.5. The number of hydrogen-bond acceptors (Lipinski definition) is 3.